The largest absolute Gasteiger partial charge is 0.313 e. The van der Waals surface area contributed by atoms with E-state index in [0.717, 1.165) is 61.0 Å². The van der Waals surface area contributed by atoms with Crippen LogP contribution in [0.1, 0.15) is 55.6 Å². The Morgan fingerprint density at radius 1 is 0.875 bits per heavy atom. The van der Waals surface area contributed by atoms with Gasteiger partial charge in [0.1, 0.15) is 0 Å². The van der Waals surface area contributed by atoms with Gasteiger partial charge >= 0.3 is 0 Å². The summed E-state index contributed by atoms with van der Waals surface area (Å²) in [5.41, 5.74) is 4.12. The van der Waals surface area contributed by atoms with Gasteiger partial charge in [0.05, 0.1) is 24.0 Å². The van der Waals surface area contributed by atoms with Gasteiger partial charge in [0.2, 0.25) is 0 Å². The van der Waals surface area contributed by atoms with E-state index in [1.165, 1.54) is 19.1 Å². The Balaban J connectivity index is 0.000000143. The van der Waals surface area contributed by atoms with E-state index in [4.69, 9.17) is 0 Å². The fraction of sp³-hybridized carbons (Fsp3) is 0.556. The van der Waals surface area contributed by atoms with E-state index in [9.17, 15) is 9.59 Å². The summed E-state index contributed by atoms with van der Waals surface area (Å²) >= 11 is 0. The zero-order chi connectivity index (χ0) is 17.2. The lowest BCUT2D eigenvalue weighted by atomic mass is 9.76. The normalized spacial score (nSPS) is 17.9. The van der Waals surface area contributed by atoms with E-state index in [2.05, 4.69) is 33.8 Å². The second kappa shape index (κ2) is 6.71. The lowest BCUT2D eigenvalue weighted by Gasteiger charge is -2.29. The number of aromatic nitrogens is 4. The molecule has 0 bridgehead atoms. The van der Waals surface area contributed by atoms with Crippen LogP contribution in [0.25, 0.3) is 0 Å². The maximum absolute atomic E-state index is 11.5. The van der Waals surface area contributed by atoms with Crippen LogP contribution in [0, 0.1) is 5.41 Å². The van der Waals surface area contributed by atoms with Crippen LogP contribution in [0.3, 0.4) is 0 Å². The summed E-state index contributed by atoms with van der Waals surface area (Å²) in [6.07, 6.45) is 10.1. The molecule has 2 aromatic rings. The number of H-pyrrole nitrogens is 2. The standard InChI is InChI=1S/C10H14N2O.C8H10N2O/c1-10(2)4-3-8-7(5-10)9(13)12-6-11-8;11-8-6-3-1-2-4-7(6)9-5-10-8/h6H,3-5H2,1-2H3,(H,11,12,13);5H,1-4H2,(H,9,10,11). The average Bonchev–Trinajstić information content (AvgIpc) is 2.56. The smallest absolute Gasteiger partial charge is 0.254 e. The highest BCUT2D eigenvalue weighted by molar-refractivity contribution is 5.21. The molecule has 2 N–H and O–H groups in total. The zero-order valence-electron chi connectivity index (χ0n) is 14.3. The number of hydrogen-bond donors (Lipinski definition) is 2. The van der Waals surface area contributed by atoms with Crippen molar-refractivity contribution in [2.24, 2.45) is 5.41 Å². The molecule has 24 heavy (non-hydrogen) atoms. The Morgan fingerprint density at radius 3 is 2.12 bits per heavy atom. The molecule has 2 aliphatic carbocycles. The summed E-state index contributed by atoms with van der Waals surface area (Å²) in [5.74, 6) is 0. The fourth-order valence-corrected chi connectivity index (χ4v) is 3.42. The molecule has 0 fully saturated rings. The van der Waals surface area contributed by atoms with Crippen molar-refractivity contribution in [1.82, 2.24) is 19.9 Å². The highest BCUT2D eigenvalue weighted by Gasteiger charge is 2.27. The minimum atomic E-state index is 0.0396. The predicted octanol–water partition coefficient (Wildman–Crippen LogP) is 1.93. The van der Waals surface area contributed by atoms with E-state index in [1.807, 2.05) is 0 Å². The van der Waals surface area contributed by atoms with Crippen LogP contribution in [0.4, 0.5) is 0 Å². The molecule has 0 aromatic carbocycles. The average molecular weight is 328 g/mol. The molecule has 4 rings (SSSR count). The van der Waals surface area contributed by atoms with E-state index in [-0.39, 0.29) is 16.5 Å². The van der Waals surface area contributed by atoms with E-state index in [1.54, 1.807) is 0 Å². The Hall–Kier alpha value is -2.24. The van der Waals surface area contributed by atoms with Gasteiger partial charge in [-0.15, -0.1) is 0 Å². The number of aromatic amines is 2. The van der Waals surface area contributed by atoms with Crippen molar-refractivity contribution in [3.8, 4) is 0 Å². The summed E-state index contributed by atoms with van der Waals surface area (Å²) in [6.45, 7) is 4.39. The van der Waals surface area contributed by atoms with Crippen LogP contribution < -0.4 is 11.1 Å². The molecule has 0 aliphatic heterocycles. The summed E-state index contributed by atoms with van der Waals surface area (Å²) in [4.78, 5) is 36.2. The quantitative estimate of drug-likeness (QED) is 0.773. The molecule has 6 nitrogen and oxygen atoms in total. The minimum absolute atomic E-state index is 0.0396. The fourth-order valence-electron chi connectivity index (χ4n) is 3.42. The Morgan fingerprint density at radius 2 is 1.46 bits per heavy atom. The van der Waals surface area contributed by atoms with Crippen LogP contribution in [-0.4, -0.2) is 19.9 Å². The van der Waals surface area contributed by atoms with Crippen LogP contribution in [0.5, 0.6) is 0 Å². The second-order valence-corrected chi connectivity index (χ2v) is 7.36. The molecule has 0 saturated carbocycles. The third-order valence-corrected chi connectivity index (χ3v) is 4.86. The summed E-state index contributed by atoms with van der Waals surface area (Å²) < 4.78 is 0. The number of fused-ring (bicyclic) bond motifs is 2. The molecule has 128 valence electrons. The Kier molecular flexibility index (Phi) is 4.64. The molecule has 0 unspecified atom stereocenters. The van der Waals surface area contributed by atoms with Gasteiger partial charge in [-0.1, -0.05) is 13.8 Å². The first-order valence-corrected chi connectivity index (χ1v) is 8.57. The number of nitrogens with zero attached hydrogens (tertiary/aromatic N) is 2. The van der Waals surface area contributed by atoms with Crippen molar-refractivity contribution in [2.75, 3.05) is 0 Å². The van der Waals surface area contributed by atoms with Crippen LogP contribution in [0.2, 0.25) is 0 Å². The molecule has 0 saturated heterocycles. The van der Waals surface area contributed by atoms with Crippen LogP contribution in [0.15, 0.2) is 22.2 Å². The highest BCUT2D eigenvalue weighted by atomic mass is 16.1. The molecular formula is C18H24N4O2. The van der Waals surface area contributed by atoms with Crippen molar-refractivity contribution in [3.05, 3.63) is 55.9 Å². The predicted molar refractivity (Wildman–Crippen MR) is 92.2 cm³/mol. The van der Waals surface area contributed by atoms with E-state index >= 15 is 0 Å². The molecule has 0 amide bonds. The number of nitrogens with one attached hydrogen (secondary N) is 2. The van der Waals surface area contributed by atoms with Crippen molar-refractivity contribution in [1.29, 1.82) is 0 Å². The first-order valence-electron chi connectivity index (χ1n) is 8.57. The SMILES string of the molecule is CC1(C)CCc2nc[nH]c(=O)c2C1.O=c1[nH]cnc2c1CCCC2. The number of rotatable bonds is 0. The molecule has 0 atom stereocenters. The van der Waals surface area contributed by atoms with Crippen LogP contribution >= 0.6 is 0 Å². The topological polar surface area (TPSA) is 91.5 Å². The lowest BCUT2D eigenvalue weighted by molar-refractivity contribution is 0.310. The Labute approximate surface area is 140 Å². The molecule has 2 heterocycles. The maximum Gasteiger partial charge on any atom is 0.254 e. The lowest BCUT2D eigenvalue weighted by Crippen LogP contribution is -2.29. The summed E-state index contributed by atoms with van der Waals surface area (Å²) in [7, 11) is 0. The summed E-state index contributed by atoms with van der Waals surface area (Å²) in [6, 6.07) is 0. The molecule has 0 radical (unpaired) electrons. The van der Waals surface area contributed by atoms with E-state index < -0.39 is 0 Å². The summed E-state index contributed by atoms with van der Waals surface area (Å²) in [5, 5.41) is 0. The number of aryl methyl sites for hydroxylation is 2. The molecule has 2 aromatic heterocycles. The first-order chi connectivity index (χ1) is 11.5. The Bertz CT molecular complexity index is 835. The zero-order valence-corrected chi connectivity index (χ0v) is 14.3. The van der Waals surface area contributed by atoms with Gasteiger partial charge in [-0.05, 0) is 50.4 Å². The van der Waals surface area contributed by atoms with Gasteiger partial charge in [0, 0.05) is 11.1 Å². The van der Waals surface area contributed by atoms with Gasteiger partial charge in [-0.2, -0.15) is 0 Å². The van der Waals surface area contributed by atoms with Crippen molar-refractivity contribution in [3.63, 3.8) is 0 Å². The van der Waals surface area contributed by atoms with Gasteiger partial charge in [-0.25, -0.2) is 9.97 Å². The van der Waals surface area contributed by atoms with Crippen molar-refractivity contribution in [2.45, 2.75) is 58.8 Å². The monoisotopic (exact) mass is 328 g/mol. The minimum Gasteiger partial charge on any atom is -0.313 e. The molecule has 0 spiro atoms. The van der Waals surface area contributed by atoms with Crippen molar-refractivity contribution >= 4 is 0 Å². The highest BCUT2D eigenvalue weighted by Crippen LogP contribution is 2.31. The second-order valence-electron chi connectivity index (χ2n) is 7.36. The maximum atomic E-state index is 11.5. The molecular weight excluding hydrogens is 304 g/mol. The van der Waals surface area contributed by atoms with Crippen molar-refractivity contribution < 1.29 is 0 Å². The van der Waals surface area contributed by atoms with Gasteiger partial charge in [0.25, 0.3) is 11.1 Å². The first kappa shape index (κ1) is 16.6. The molecule has 2 aliphatic rings. The van der Waals surface area contributed by atoms with Crippen LogP contribution in [-0.2, 0) is 25.7 Å². The van der Waals surface area contributed by atoms with Gasteiger partial charge in [0.15, 0.2) is 0 Å². The third kappa shape index (κ3) is 3.63. The van der Waals surface area contributed by atoms with Gasteiger partial charge < -0.3 is 9.97 Å². The molecule has 6 heteroatoms. The van der Waals surface area contributed by atoms with E-state index in [0.29, 0.717) is 0 Å². The third-order valence-electron chi connectivity index (χ3n) is 4.86. The number of hydrogen-bond acceptors (Lipinski definition) is 4. The van der Waals surface area contributed by atoms with Gasteiger partial charge in [-0.3, -0.25) is 9.59 Å².